The molecule has 0 amide bonds. The highest BCUT2D eigenvalue weighted by Crippen LogP contribution is 2.27. The Labute approximate surface area is 163 Å². The first-order valence-corrected chi connectivity index (χ1v) is 9.20. The normalized spacial score (nSPS) is 11.7. The first-order valence-electron chi connectivity index (χ1n) is 8.38. The van der Waals surface area contributed by atoms with Crippen molar-refractivity contribution < 1.29 is 14.3 Å². The zero-order valence-corrected chi connectivity index (χ0v) is 15.9. The molecule has 0 fully saturated rings. The van der Waals surface area contributed by atoms with E-state index in [4.69, 9.17) is 9.47 Å². The summed E-state index contributed by atoms with van der Waals surface area (Å²) >= 11 is 1.25. The molecule has 8 heteroatoms. The molecule has 0 radical (unpaired) electrons. The van der Waals surface area contributed by atoms with E-state index in [1.165, 1.54) is 22.8 Å². The summed E-state index contributed by atoms with van der Waals surface area (Å²) in [6.45, 7) is 1.33. The number of rotatable bonds is 4. The van der Waals surface area contributed by atoms with E-state index in [0.717, 1.165) is 11.3 Å². The van der Waals surface area contributed by atoms with Gasteiger partial charge in [0, 0.05) is 6.92 Å². The van der Waals surface area contributed by atoms with E-state index in [0.29, 0.717) is 26.6 Å². The molecule has 0 N–H and O–H groups in total. The molecule has 2 aromatic heterocycles. The van der Waals surface area contributed by atoms with Gasteiger partial charge in [0.1, 0.15) is 11.5 Å². The van der Waals surface area contributed by atoms with Gasteiger partial charge in [0.15, 0.2) is 5.82 Å². The maximum absolute atomic E-state index is 12.7. The molecule has 7 nitrogen and oxygen atoms in total. The van der Waals surface area contributed by atoms with E-state index in [-0.39, 0.29) is 5.56 Å². The molecule has 28 heavy (non-hydrogen) atoms. The van der Waals surface area contributed by atoms with Gasteiger partial charge in [-0.05, 0) is 35.9 Å². The van der Waals surface area contributed by atoms with Crippen molar-refractivity contribution in [3.8, 4) is 22.9 Å². The van der Waals surface area contributed by atoms with Gasteiger partial charge in [0.05, 0.1) is 17.2 Å². The lowest BCUT2D eigenvalue weighted by Gasteiger charge is -2.04. The van der Waals surface area contributed by atoms with Gasteiger partial charge < -0.3 is 9.47 Å². The number of carbonyl (C=O) groups is 1. The van der Waals surface area contributed by atoms with Crippen LogP contribution in [-0.4, -0.2) is 27.7 Å². The summed E-state index contributed by atoms with van der Waals surface area (Å²) in [7, 11) is 1.60. The smallest absolute Gasteiger partial charge is 0.308 e. The van der Waals surface area contributed by atoms with Crippen LogP contribution in [0.25, 0.3) is 22.4 Å². The summed E-state index contributed by atoms with van der Waals surface area (Å²) in [6, 6.07) is 14.3. The van der Waals surface area contributed by atoms with Gasteiger partial charge in [-0.2, -0.15) is 9.50 Å². The Balaban J connectivity index is 1.76. The zero-order chi connectivity index (χ0) is 19.7. The Kier molecular flexibility index (Phi) is 4.62. The number of hydrogen-bond acceptors (Lipinski definition) is 7. The number of aromatic nitrogens is 3. The Morgan fingerprint density at radius 1 is 1.14 bits per heavy atom. The van der Waals surface area contributed by atoms with E-state index in [9.17, 15) is 9.59 Å². The van der Waals surface area contributed by atoms with Gasteiger partial charge in [0.2, 0.25) is 4.96 Å². The molecule has 0 aliphatic carbocycles. The zero-order valence-electron chi connectivity index (χ0n) is 15.1. The maximum Gasteiger partial charge on any atom is 0.308 e. The molecule has 0 atom stereocenters. The predicted molar refractivity (Wildman–Crippen MR) is 106 cm³/mol. The molecule has 0 aliphatic heterocycles. The van der Waals surface area contributed by atoms with Crippen LogP contribution >= 0.6 is 11.3 Å². The van der Waals surface area contributed by atoms with Crippen LogP contribution in [-0.2, 0) is 4.79 Å². The Hall–Kier alpha value is -3.52. The molecule has 4 aromatic rings. The molecule has 0 saturated carbocycles. The number of fused-ring (bicyclic) bond motifs is 1. The maximum atomic E-state index is 12.7. The fourth-order valence-electron chi connectivity index (χ4n) is 2.69. The van der Waals surface area contributed by atoms with Crippen molar-refractivity contribution in [2.75, 3.05) is 7.11 Å². The highest BCUT2D eigenvalue weighted by atomic mass is 32.1. The predicted octanol–water partition coefficient (Wildman–Crippen LogP) is 2.30. The summed E-state index contributed by atoms with van der Waals surface area (Å²) in [5.41, 5.74) is 1.18. The van der Waals surface area contributed by atoms with Gasteiger partial charge in [-0.25, -0.2) is 0 Å². The second-order valence-electron chi connectivity index (χ2n) is 5.91. The lowest BCUT2D eigenvalue weighted by atomic mass is 10.2. The Bertz CT molecular complexity index is 1280. The fourth-order valence-corrected chi connectivity index (χ4v) is 3.60. The number of hydrogen-bond donors (Lipinski definition) is 0. The largest absolute Gasteiger partial charge is 0.497 e. The number of esters is 1. The highest BCUT2D eigenvalue weighted by Gasteiger charge is 2.16. The molecular formula is C20H15N3O4S. The fraction of sp³-hybridized carbons (Fsp3) is 0.100. The summed E-state index contributed by atoms with van der Waals surface area (Å²) in [4.78, 5) is 28.9. The van der Waals surface area contributed by atoms with E-state index >= 15 is 0 Å². The van der Waals surface area contributed by atoms with Crippen LogP contribution in [0.5, 0.6) is 11.5 Å². The molecule has 2 aromatic carbocycles. The molecule has 140 valence electrons. The molecule has 4 rings (SSSR count). The molecule has 0 unspecified atom stereocenters. The topological polar surface area (TPSA) is 82.8 Å². The minimum Gasteiger partial charge on any atom is -0.497 e. The van der Waals surface area contributed by atoms with Crippen LogP contribution in [0.15, 0.2) is 53.3 Å². The minimum absolute atomic E-state index is 0.250. The average molecular weight is 393 g/mol. The van der Waals surface area contributed by atoms with Crippen LogP contribution in [0.3, 0.4) is 0 Å². The summed E-state index contributed by atoms with van der Waals surface area (Å²) in [6.07, 6.45) is 1.79. The van der Waals surface area contributed by atoms with E-state index in [1.54, 1.807) is 37.5 Å². The van der Waals surface area contributed by atoms with Crippen molar-refractivity contribution in [1.82, 2.24) is 14.6 Å². The monoisotopic (exact) mass is 393 g/mol. The van der Waals surface area contributed by atoms with E-state index < -0.39 is 5.97 Å². The van der Waals surface area contributed by atoms with Crippen molar-refractivity contribution in [2.45, 2.75) is 6.92 Å². The molecule has 0 saturated heterocycles. The van der Waals surface area contributed by atoms with E-state index in [2.05, 4.69) is 10.1 Å². The number of methoxy groups -OCH3 is 1. The first-order chi connectivity index (χ1) is 13.5. The first kappa shape index (κ1) is 17.9. The second kappa shape index (κ2) is 7.24. The van der Waals surface area contributed by atoms with Crippen molar-refractivity contribution in [2.24, 2.45) is 0 Å². The molecule has 0 aliphatic rings. The van der Waals surface area contributed by atoms with Crippen LogP contribution in [0.1, 0.15) is 12.5 Å². The minimum atomic E-state index is -0.436. The number of para-hydroxylation sites is 1. The Morgan fingerprint density at radius 2 is 1.89 bits per heavy atom. The third-order valence-corrected chi connectivity index (χ3v) is 4.94. The quantitative estimate of drug-likeness (QED) is 0.391. The molecular weight excluding hydrogens is 378 g/mol. The number of nitrogens with zero attached hydrogens (tertiary/aromatic N) is 3. The van der Waals surface area contributed by atoms with Crippen LogP contribution in [0, 0.1) is 0 Å². The van der Waals surface area contributed by atoms with Crippen LogP contribution in [0.4, 0.5) is 0 Å². The summed E-state index contributed by atoms with van der Waals surface area (Å²) in [5.74, 6) is 0.995. The van der Waals surface area contributed by atoms with Crippen molar-refractivity contribution >= 4 is 28.3 Å². The van der Waals surface area contributed by atoms with Crippen LogP contribution < -0.4 is 19.6 Å². The number of benzene rings is 2. The molecule has 0 bridgehead atoms. The molecule has 2 heterocycles. The van der Waals surface area contributed by atoms with Crippen molar-refractivity contribution in [1.29, 1.82) is 0 Å². The third kappa shape index (κ3) is 3.37. The highest BCUT2D eigenvalue weighted by molar-refractivity contribution is 7.15. The van der Waals surface area contributed by atoms with Gasteiger partial charge in [0.25, 0.3) is 5.56 Å². The van der Waals surface area contributed by atoms with Gasteiger partial charge in [-0.3, -0.25) is 9.59 Å². The third-order valence-electron chi connectivity index (χ3n) is 3.98. The average Bonchev–Trinajstić information content (AvgIpc) is 3.22. The van der Waals surface area contributed by atoms with Crippen molar-refractivity contribution in [3.63, 3.8) is 0 Å². The summed E-state index contributed by atoms with van der Waals surface area (Å²) in [5, 5.41) is 4.31. The lowest BCUT2D eigenvalue weighted by molar-refractivity contribution is -0.131. The second-order valence-corrected chi connectivity index (χ2v) is 6.92. The Morgan fingerprint density at radius 3 is 2.57 bits per heavy atom. The number of thiazole rings is 1. The molecule has 0 spiro atoms. The van der Waals surface area contributed by atoms with Gasteiger partial charge in [-0.15, -0.1) is 5.10 Å². The number of ether oxygens (including phenoxy) is 2. The van der Waals surface area contributed by atoms with Crippen molar-refractivity contribution in [3.05, 3.63) is 69.0 Å². The summed E-state index contributed by atoms with van der Waals surface area (Å²) < 4.78 is 12.1. The van der Waals surface area contributed by atoms with E-state index in [1.807, 2.05) is 24.3 Å². The number of carbonyl (C=O) groups excluding carboxylic acids is 1. The lowest BCUT2D eigenvalue weighted by Crippen LogP contribution is -2.23. The van der Waals surface area contributed by atoms with Crippen LogP contribution in [0.2, 0.25) is 0 Å². The van der Waals surface area contributed by atoms with Gasteiger partial charge >= 0.3 is 5.97 Å². The van der Waals surface area contributed by atoms with Gasteiger partial charge in [-0.1, -0.05) is 35.6 Å². The standard InChI is InChI=1S/C20H15N3O4S/c1-12(24)27-16-6-4-3-5-15(16)18-21-20-23(22-18)19(25)17(28-20)11-13-7-9-14(26-2)10-8-13/h3-11H,1-2H3/b17-11+. The SMILES string of the molecule is COc1ccc(/C=c2/sc3nc(-c4ccccc4OC(C)=O)nn3c2=O)cc1.